The monoisotopic (exact) mass is 335 g/mol. The number of halogens is 2. The van der Waals surface area contributed by atoms with Crippen molar-refractivity contribution < 1.29 is 18.7 Å². The van der Waals surface area contributed by atoms with Gasteiger partial charge in [-0.3, -0.25) is 9.89 Å². The minimum absolute atomic E-state index is 0.131. The predicted octanol–water partition coefficient (Wildman–Crippen LogP) is 2.76. The van der Waals surface area contributed by atoms with Gasteiger partial charge in [-0.15, -0.1) is 0 Å². The Labute approximate surface area is 138 Å². The highest BCUT2D eigenvalue weighted by Gasteiger charge is 2.37. The number of aliphatic hydroxyl groups is 1. The van der Waals surface area contributed by atoms with E-state index in [0.717, 1.165) is 17.8 Å². The van der Waals surface area contributed by atoms with Crippen LogP contribution >= 0.6 is 0 Å². The topological polar surface area (TPSA) is 69.2 Å². The molecule has 3 rings (SSSR count). The minimum Gasteiger partial charge on any atom is -0.391 e. The van der Waals surface area contributed by atoms with E-state index in [9.17, 15) is 18.7 Å². The van der Waals surface area contributed by atoms with Crippen LogP contribution in [0.1, 0.15) is 54.0 Å². The lowest BCUT2D eigenvalue weighted by atomic mass is 10.0. The van der Waals surface area contributed by atoms with Crippen molar-refractivity contribution in [3.63, 3.8) is 0 Å². The third kappa shape index (κ3) is 3.03. The molecule has 1 aliphatic rings. The lowest BCUT2D eigenvalue weighted by Gasteiger charge is -2.24. The molecule has 2 heterocycles. The second-order valence-electron chi connectivity index (χ2n) is 6.40. The van der Waals surface area contributed by atoms with E-state index in [2.05, 4.69) is 10.2 Å². The van der Waals surface area contributed by atoms with Crippen molar-refractivity contribution in [2.75, 3.05) is 6.54 Å². The van der Waals surface area contributed by atoms with Crippen LogP contribution in [0.4, 0.5) is 8.78 Å². The number of aromatic amines is 1. The van der Waals surface area contributed by atoms with Crippen molar-refractivity contribution in [1.82, 2.24) is 15.1 Å². The van der Waals surface area contributed by atoms with Gasteiger partial charge in [0.05, 0.1) is 12.1 Å². The minimum atomic E-state index is -0.969. The molecule has 2 aromatic rings. The van der Waals surface area contributed by atoms with Gasteiger partial charge in [0, 0.05) is 12.2 Å². The van der Waals surface area contributed by atoms with Gasteiger partial charge in [-0.25, -0.2) is 8.78 Å². The van der Waals surface area contributed by atoms with Crippen molar-refractivity contribution in [3.8, 4) is 0 Å². The van der Waals surface area contributed by atoms with E-state index in [4.69, 9.17) is 0 Å². The molecular weight excluding hydrogens is 316 g/mol. The summed E-state index contributed by atoms with van der Waals surface area (Å²) in [5.74, 6) is -2.05. The molecule has 2 atom stereocenters. The lowest BCUT2D eigenvalue weighted by molar-refractivity contribution is 0.0709. The molecule has 1 saturated heterocycles. The van der Waals surface area contributed by atoms with Crippen molar-refractivity contribution >= 4 is 5.91 Å². The van der Waals surface area contributed by atoms with E-state index in [1.807, 2.05) is 13.8 Å². The van der Waals surface area contributed by atoms with Crippen molar-refractivity contribution in [3.05, 3.63) is 52.9 Å². The Hall–Kier alpha value is -2.28. The van der Waals surface area contributed by atoms with Gasteiger partial charge in [0.15, 0.2) is 11.6 Å². The van der Waals surface area contributed by atoms with E-state index in [0.29, 0.717) is 5.56 Å². The molecular formula is C17H19F2N3O2. The van der Waals surface area contributed by atoms with Crippen molar-refractivity contribution in [2.24, 2.45) is 0 Å². The molecule has 1 aliphatic heterocycles. The summed E-state index contributed by atoms with van der Waals surface area (Å²) >= 11 is 0. The number of aromatic nitrogens is 2. The van der Waals surface area contributed by atoms with Crippen LogP contribution < -0.4 is 0 Å². The fourth-order valence-corrected chi connectivity index (χ4v) is 2.96. The second-order valence-corrected chi connectivity index (χ2v) is 6.40. The molecule has 5 nitrogen and oxygen atoms in total. The van der Waals surface area contributed by atoms with Gasteiger partial charge in [-0.05, 0) is 36.1 Å². The molecule has 1 aromatic heterocycles. The standard InChI is InChI=1S/C17H19F2N3O2/c1-9(2)14-7-15(21-20-14)17(24)22-8-11(23)6-16(22)10-3-4-12(18)13(19)5-10/h3-5,7,9,11,16,23H,6,8H2,1-2H3,(H,20,21). The normalized spacial score (nSPS) is 20.8. The summed E-state index contributed by atoms with van der Waals surface area (Å²) in [7, 11) is 0. The molecule has 24 heavy (non-hydrogen) atoms. The summed E-state index contributed by atoms with van der Waals surface area (Å²) < 4.78 is 26.7. The Kier molecular flexibility index (Phi) is 4.36. The molecule has 2 unspecified atom stereocenters. The number of carbonyl (C=O) groups is 1. The number of nitrogens with one attached hydrogen (secondary N) is 1. The Morgan fingerprint density at radius 3 is 2.71 bits per heavy atom. The third-order valence-electron chi connectivity index (χ3n) is 4.31. The second kappa shape index (κ2) is 6.32. The first-order valence-electron chi connectivity index (χ1n) is 7.86. The molecule has 1 fully saturated rings. The maximum absolute atomic E-state index is 13.5. The highest BCUT2D eigenvalue weighted by molar-refractivity contribution is 5.93. The van der Waals surface area contributed by atoms with Crippen LogP contribution in [0, 0.1) is 11.6 Å². The zero-order valence-corrected chi connectivity index (χ0v) is 13.5. The zero-order chi connectivity index (χ0) is 17.4. The number of amides is 1. The SMILES string of the molecule is CC(C)c1cc(C(=O)N2CC(O)CC2c2ccc(F)c(F)c2)n[nH]1. The highest BCUT2D eigenvalue weighted by Crippen LogP contribution is 2.34. The van der Waals surface area contributed by atoms with Gasteiger partial charge in [-0.1, -0.05) is 19.9 Å². The zero-order valence-electron chi connectivity index (χ0n) is 13.5. The number of aliphatic hydroxyl groups excluding tert-OH is 1. The average Bonchev–Trinajstić information content (AvgIpc) is 3.16. The molecule has 0 radical (unpaired) electrons. The summed E-state index contributed by atoms with van der Waals surface area (Å²) in [5.41, 5.74) is 1.54. The largest absolute Gasteiger partial charge is 0.391 e. The van der Waals surface area contributed by atoms with E-state index >= 15 is 0 Å². The first-order chi connectivity index (χ1) is 11.4. The number of carbonyl (C=O) groups excluding carboxylic acids is 1. The first-order valence-corrected chi connectivity index (χ1v) is 7.86. The van der Waals surface area contributed by atoms with Gasteiger partial charge in [0.1, 0.15) is 5.69 Å². The fourth-order valence-electron chi connectivity index (χ4n) is 2.96. The van der Waals surface area contributed by atoms with Crippen LogP contribution in [0.5, 0.6) is 0 Å². The maximum Gasteiger partial charge on any atom is 0.274 e. The van der Waals surface area contributed by atoms with Crippen molar-refractivity contribution in [2.45, 2.75) is 38.3 Å². The molecule has 0 bridgehead atoms. The van der Waals surface area contributed by atoms with Crippen LogP contribution in [0.2, 0.25) is 0 Å². The first kappa shape index (κ1) is 16.6. The molecule has 0 spiro atoms. The van der Waals surface area contributed by atoms with Gasteiger partial charge in [-0.2, -0.15) is 5.10 Å². The van der Waals surface area contributed by atoms with E-state index in [1.165, 1.54) is 11.0 Å². The quantitative estimate of drug-likeness (QED) is 0.906. The smallest absolute Gasteiger partial charge is 0.274 e. The molecule has 0 saturated carbocycles. The third-order valence-corrected chi connectivity index (χ3v) is 4.31. The number of H-pyrrole nitrogens is 1. The van der Waals surface area contributed by atoms with Crippen molar-refractivity contribution in [1.29, 1.82) is 0 Å². The van der Waals surface area contributed by atoms with Gasteiger partial charge in [0.25, 0.3) is 5.91 Å². The van der Waals surface area contributed by atoms with Crippen LogP contribution in [0.15, 0.2) is 24.3 Å². The van der Waals surface area contributed by atoms with Crippen LogP contribution in [-0.2, 0) is 0 Å². The Balaban J connectivity index is 1.89. The van der Waals surface area contributed by atoms with Crippen LogP contribution in [-0.4, -0.2) is 38.8 Å². The molecule has 128 valence electrons. The molecule has 0 aliphatic carbocycles. The Bertz CT molecular complexity index is 760. The molecule has 7 heteroatoms. The predicted molar refractivity (Wildman–Crippen MR) is 83.4 cm³/mol. The van der Waals surface area contributed by atoms with E-state index in [1.54, 1.807) is 6.07 Å². The molecule has 2 N–H and O–H groups in total. The van der Waals surface area contributed by atoms with Crippen LogP contribution in [0.25, 0.3) is 0 Å². The summed E-state index contributed by atoms with van der Waals surface area (Å²) in [5, 5.41) is 16.8. The van der Waals surface area contributed by atoms with Gasteiger partial charge < -0.3 is 10.0 Å². The summed E-state index contributed by atoms with van der Waals surface area (Å²) in [6, 6.07) is 4.71. The highest BCUT2D eigenvalue weighted by atomic mass is 19.2. The number of rotatable bonds is 3. The number of likely N-dealkylation sites (tertiary alicyclic amines) is 1. The average molecular weight is 335 g/mol. The van der Waals surface area contributed by atoms with E-state index in [-0.39, 0.29) is 30.5 Å². The fraction of sp³-hybridized carbons (Fsp3) is 0.412. The van der Waals surface area contributed by atoms with Gasteiger partial charge >= 0.3 is 0 Å². The molecule has 1 amide bonds. The van der Waals surface area contributed by atoms with Gasteiger partial charge in [0.2, 0.25) is 0 Å². The number of hydrogen-bond acceptors (Lipinski definition) is 3. The van der Waals surface area contributed by atoms with E-state index < -0.39 is 23.8 Å². The number of benzene rings is 1. The number of hydrogen-bond donors (Lipinski definition) is 2. The lowest BCUT2D eigenvalue weighted by Crippen LogP contribution is -2.32. The maximum atomic E-state index is 13.5. The molecule has 1 aromatic carbocycles. The summed E-state index contributed by atoms with van der Waals surface area (Å²) in [4.78, 5) is 14.2. The summed E-state index contributed by atoms with van der Waals surface area (Å²) in [6.07, 6.45) is -0.436. The van der Waals surface area contributed by atoms with Crippen LogP contribution in [0.3, 0.4) is 0 Å². The number of nitrogens with zero attached hydrogens (tertiary/aromatic N) is 2. The Morgan fingerprint density at radius 2 is 2.08 bits per heavy atom. The number of β-amino-alcohol motifs (C(OH)–C–C–N with tert-alkyl or cyclic N) is 1. The summed E-state index contributed by atoms with van der Waals surface area (Å²) in [6.45, 7) is 4.09. The Morgan fingerprint density at radius 1 is 1.33 bits per heavy atom.